The lowest BCUT2D eigenvalue weighted by molar-refractivity contribution is 0.0469. The van der Waals surface area contributed by atoms with Crippen molar-refractivity contribution in [1.29, 1.82) is 0 Å². The third kappa shape index (κ3) is 3.72. The monoisotopic (exact) mass is 399 g/mol. The first-order valence-electron chi connectivity index (χ1n) is 6.78. The van der Waals surface area contributed by atoms with Gasteiger partial charge in [0, 0.05) is 5.38 Å². The number of benzene rings is 1. The highest BCUT2D eigenvalue weighted by molar-refractivity contribution is 7.20. The van der Waals surface area contributed by atoms with E-state index >= 15 is 0 Å². The van der Waals surface area contributed by atoms with Gasteiger partial charge in [-0.15, -0.1) is 22.7 Å². The summed E-state index contributed by atoms with van der Waals surface area (Å²) in [5.41, 5.74) is 1.83. The van der Waals surface area contributed by atoms with Crippen molar-refractivity contribution in [2.45, 2.75) is 6.61 Å². The zero-order valence-corrected chi connectivity index (χ0v) is 15.6. The fourth-order valence-corrected chi connectivity index (χ4v) is 4.29. The molecule has 3 rings (SSSR count). The molecule has 0 aliphatic heterocycles. The smallest absolute Gasteiger partial charge is 0.340 e. The van der Waals surface area contributed by atoms with E-state index in [-0.39, 0.29) is 12.2 Å². The maximum atomic E-state index is 12.0. The fourth-order valence-electron chi connectivity index (χ4n) is 2.01. The van der Waals surface area contributed by atoms with E-state index in [2.05, 4.69) is 4.98 Å². The average molecular weight is 400 g/mol. The lowest BCUT2D eigenvalue weighted by Crippen LogP contribution is -2.04. The Balaban J connectivity index is 1.70. The average Bonchev–Trinajstić information content (AvgIpc) is 3.18. The van der Waals surface area contributed by atoms with Crippen molar-refractivity contribution in [1.82, 2.24) is 4.98 Å². The Morgan fingerprint density at radius 3 is 2.79 bits per heavy atom. The number of thiophene rings is 1. The Labute approximate surface area is 156 Å². The number of ether oxygens (including phenoxy) is 2. The number of carbonyl (C=O) groups excluding carboxylic acids is 1. The van der Waals surface area contributed by atoms with Gasteiger partial charge in [-0.25, -0.2) is 9.78 Å². The Bertz CT molecular complexity index is 876. The summed E-state index contributed by atoms with van der Waals surface area (Å²) in [5, 5.41) is 2.65. The van der Waals surface area contributed by atoms with E-state index in [1.807, 2.05) is 29.6 Å². The molecular weight excluding hydrogens is 389 g/mol. The van der Waals surface area contributed by atoms with Crippen LogP contribution in [0.5, 0.6) is 5.75 Å². The minimum Gasteiger partial charge on any atom is -0.496 e. The first kappa shape index (κ1) is 17.2. The van der Waals surface area contributed by atoms with Crippen molar-refractivity contribution in [2.24, 2.45) is 0 Å². The van der Waals surface area contributed by atoms with E-state index in [9.17, 15) is 4.79 Å². The number of hydrogen-bond acceptors (Lipinski definition) is 6. The van der Waals surface area contributed by atoms with E-state index in [0.717, 1.165) is 27.7 Å². The zero-order valence-electron chi connectivity index (χ0n) is 12.4. The van der Waals surface area contributed by atoms with Gasteiger partial charge >= 0.3 is 5.97 Å². The molecule has 0 aliphatic carbocycles. The lowest BCUT2D eigenvalue weighted by atomic mass is 10.2. The molecule has 24 heavy (non-hydrogen) atoms. The van der Waals surface area contributed by atoms with Gasteiger partial charge in [0.25, 0.3) is 0 Å². The minimum atomic E-state index is -0.519. The second-order valence-corrected chi connectivity index (χ2v) is 7.80. The van der Waals surface area contributed by atoms with Crippen molar-refractivity contribution >= 4 is 51.8 Å². The van der Waals surface area contributed by atoms with Crippen molar-refractivity contribution in [2.75, 3.05) is 7.11 Å². The minimum absolute atomic E-state index is 0.0638. The lowest BCUT2D eigenvalue weighted by Gasteiger charge is -2.04. The number of aromatic nitrogens is 1. The maximum absolute atomic E-state index is 12.0. The molecule has 4 nitrogen and oxygen atoms in total. The summed E-state index contributed by atoms with van der Waals surface area (Å²) in [6.07, 6.45) is 0. The molecule has 0 spiro atoms. The number of rotatable bonds is 5. The van der Waals surface area contributed by atoms with Gasteiger partial charge in [-0.2, -0.15) is 0 Å². The van der Waals surface area contributed by atoms with Crippen LogP contribution in [0.1, 0.15) is 16.1 Å². The number of hydrogen-bond donors (Lipinski definition) is 0. The van der Waals surface area contributed by atoms with Crippen LogP contribution in [-0.2, 0) is 11.3 Å². The molecule has 0 fully saturated rings. The third-order valence-electron chi connectivity index (χ3n) is 3.12. The number of nitrogens with zero attached hydrogens (tertiary/aromatic N) is 1. The topological polar surface area (TPSA) is 48.4 Å². The van der Waals surface area contributed by atoms with Crippen molar-refractivity contribution in [3.05, 3.63) is 55.6 Å². The summed E-state index contributed by atoms with van der Waals surface area (Å²) in [4.78, 5) is 16.5. The van der Waals surface area contributed by atoms with Gasteiger partial charge in [-0.1, -0.05) is 35.3 Å². The molecule has 0 saturated heterocycles. The largest absolute Gasteiger partial charge is 0.496 e. The van der Waals surface area contributed by atoms with Gasteiger partial charge in [-0.05, 0) is 18.2 Å². The number of methoxy groups -OCH3 is 1. The van der Waals surface area contributed by atoms with Crippen LogP contribution < -0.4 is 4.74 Å². The molecule has 2 aromatic heterocycles. The number of para-hydroxylation sites is 1. The van der Waals surface area contributed by atoms with Crippen LogP contribution in [0.25, 0.3) is 10.6 Å². The van der Waals surface area contributed by atoms with Crippen LogP contribution in [0.4, 0.5) is 0 Å². The predicted octanol–water partition coefficient (Wildman–Crippen LogP) is 5.54. The molecule has 0 saturated carbocycles. The Kier molecular flexibility index (Phi) is 5.40. The molecule has 124 valence electrons. The van der Waals surface area contributed by atoms with Gasteiger partial charge in [0.2, 0.25) is 0 Å². The summed E-state index contributed by atoms with van der Waals surface area (Å²) in [6, 6.07) is 9.12. The molecule has 0 amide bonds. The number of esters is 1. The van der Waals surface area contributed by atoms with Crippen LogP contribution in [0.15, 0.2) is 35.7 Å². The molecule has 0 unspecified atom stereocenters. The van der Waals surface area contributed by atoms with Gasteiger partial charge < -0.3 is 9.47 Å². The molecule has 0 bridgehead atoms. The summed E-state index contributed by atoms with van der Waals surface area (Å²) >= 11 is 14.4. The van der Waals surface area contributed by atoms with Crippen LogP contribution in [0.2, 0.25) is 8.67 Å². The Hall–Kier alpha value is -1.60. The van der Waals surface area contributed by atoms with E-state index in [4.69, 9.17) is 32.7 Å². The number of halogens is 2. The predicted molar refractivity (Wildman–Crippen MR) is 97.6 cm³/mol. The second kappa shape index (κ2) is 7.53. The molecule has 0 atom stereocenters. The first-order valence-corrected chi connectivity index (χ1v) is 9.23. The van der Waals surface area contributed by atoms with E-state index in [0.29, 0.717) is 14.4 Å². The van der Waals surface area contributed by atoms with E-state index in [1.165, 1.54) is 17.4 Å². The quantitative estimate of drug-likeness (QED) is 0.528. The summed E-state index contributed by atoms with van der Waals surface area (Å²) in [6.45, 7) is 0.0638. The van der Waals surface area contributed by atoms with Gasteiger partial charge in [-0.3, -0.25) is 0 Å². The zero-order chi connectivity index (χ0) is 17.1. The van der Waals surface area contributed by atoms with Crippen LogP contribution >= 0.6 is 45.9 Å². The Morgan fingerprint density at radius 1 is 1.29 bits per heavy atom. The van der Waals surface area contributed by atoms with Crippen LogP contribution in [0.3, 0.4) is 0 Å². The summed E-state index contributed by atoms with van der Waals surface area (Å²) < 4.78 is 11.3. The number of carbonyl (C=O) groups is 1. The van der Waals surface area contributed by atoms with Crippen LogP contribution in [-0.4, -0.2) is 18.1 Å². The normalized spacial score (nSPS) is 10.6. The third-order valence-corrected chi connectivity index (χ3v) is 5.53. The molecule has 1 aromatic carbocycles. The standard InChI is InChI=1S/C16H11Cl2NO3S2/c1-21-12-5-3-2-4-10(12)15-19-9(8-23-15)7-22-16(20)11-6-13(17)24-14(11)18/h2-6,8H,7H2,1H3. The van der Waals surface area contributed by atoms with Crippen molar-refractivity contribution < 1.29 is 14.3 Å². The molecule has 2 heterocycles. The molecule has 8 heteroatoms. The highest BCUT2D eigenvalue weighted by Gasteiger charge is 2.17. The molecule has 0 aliphatic rings. The summed E-state index contributed by atoms with van der Waals surface area (Å²) in [7, 11) is 1.62. The SMILES string of the molecule is COc1ccccc1-c1nc(COC(=O)c2cc(Cl)sc2Cl)cs1. The van der Waals surface area contributed by atoms with E-state index in [1.54, 1.807) is 7.11 Å². The fraction of sp³-hybridized carbons (Fsp3) is 0.125. The summed E-state index contributed by atoms with van der Waals surface area (Å²) in [5.74, 6) is 0.227. The molecule has 3 aromatic rings. The molecule has 0 N–H and O–H groups in total. The highest BCUT2D eigenvalue weighted by Crippen LogP contribution is 2.33. The highest BCUT2D eigenvalue weighted by atomic mass is 35.5. The van der Waals surface area contributed by atoms with Gasteiger partial charge in [0.15, 0.2) is 0 Å². The molecule has 0 radical (unpaired) electrons. The van der Waals surface area contributed by atoms with Crippen LogP contribution in [0, 0.1) is 0 Å². The van der Waals surface area contributed by atoms with E-state index < -0.39 is 5.97 Å². The molecular formula is C16H11Cl2NO3S2. The van der Waals surface area contributed by atoms with Gasteiger partial charge in [0.05, 0.1) is 28.3 Å². The first-order chi connectivity index (χ1) is 11.6. The number of thiazole rings is 1. The van der Waals surface area contributed by atoms with Crippen molar-refractivity contribution in [3.8, 4) is 16.3 Å². The second-order valence-electron chi connectivity index (χ2n) is 4.66. The Morgan fingerprint density at radius 2 is 2.08 bits per heavy atom. The van der Waals surface area contributed by atoms with Gasteiger partial charge in [0.1, 0.15) is 21.7 Å². The van der Waals surface area contributed by atoms with Crippen molar-refractivity contribution in [3.63, 3.8) is 0 Å². The maximum Gasteiger partial charge on any atom is 0.340 e.